The first-order valence-electron chi connectivity index (χ1n) is 11.4. The molecule has 0 aromatic heterocycles. The molecule has 1 heterocycles. The highest BCUT2D eigenvalue weighted by molar-refractivity contribution is 14.1. The van der Waals surface area contributed by atoms with Crippen LogP contribution >= 0.6 is 69.8 Å². The fourth-order valence-electron chi connectivity index (χ4n) is 3.52. The first-order valence-corrected chi connectivity index (χ1v) is 14.4. The van der Waals surface area contributed by atoms with Gasteiger partial charge in [-0.25, -0.2) is 0 Å². The number of hydrazine groups is 1. The number of benzene rings is 3. The molecule has 0 spiro atoms. The fourth-order valence-corrected chi connectivity index (χ4v) is 5.99. The average Bonchev–Trinajstić information content (AvgIpc) is 3.12. The van der Waals surface area contributed by atoms with E-state index in [2.05, 4.69) is 28.0 Å². The summed E-state index contributed by atoms with van der Waals surface area (Å²) in [6, 6.07) is 16.2. The number of thiocarbonyl (C=S) groups is 1. The molecular weight excluding hydrogens is 678 g/mol. The summed E-state index contributed by atoms with van der Waals surface area (Å²) >= 11 is 21.1. The van der Waals surface area contributed by atoms with Gasteiger partial charge in [0.2, 0.25) is 0 Å². The molecule has 38 heavy (non-hydrogen) atoms. The molecule has 3 aromatic carbocycles. The van der Waals surface area contributed by atoms with Crippen molar-refractivity contribution in [3.8, 4) is 11.5 Å². The Morgan fingerprint density at radius 1 is 1.13 bits per heavy atom. The molecular formula is C27H21Cl2IN2O4S2. The third-order valence-corrected chi connectivity index (χ3v) is 8.12. The van der Waals surface area contributed by atoms with E-state index in [1.54, 1.807) is 30.3 Å². The number of carbonyl (C=O) groups is 2. The van der Waals surface area contributed by atoms with E-state index in [4.69, 9.17) is 44.9 Å². The largest absolute Gasteiger partial charge is 0.490 e. The highest BCUT2D eigenvalue weighted by atomic mass is 127. The summed E-state index contributed by atoms with van der Waals surface area (Å²) in [5, 5.41) is 1.97. The minimum absolute atomic E-state index is 0.206. The number of halogens is 3. The Hall–Kier alpha value is -2.31. The van der Waals surface area contributed by atoms with Gasteiger partial charge in [0.1, 0.15) is 6.61 Å². The summed E-state index contributed by atoms with van der Waals surface area (Å²) in [5.74, 6) is 0.152. The Labute approximate surface area is 253 Å². The minimum Gasteiger partial charge on any atom is -0.490 e. The Bertz CT molecular complexity index is 1460. The first kappa shape index (κ1) is 28.7. The third kappa shape index (κ3) is 6.63. The Morgan fingerprint density at radius 3 is 2.61 bits per heavy atom. The van der Waals surface area contributed by atoms with Crippen LogP contribution in [0, 0.1) is 10.5 Å². The van der Waals surface area contributed by atoms with Crippen molar-refractivity contribution in [3.05, 3.63) is 95.4 Å². The molecule has 6 nitrogen and oxygen atoms in total. The van der Waals surface area contributed by atoms with Gasteiger partial charge in [-0.2, -0.15) is 5.01 Å². The van der Waals surface area contributed by atoms with E-state index < -0.39 is 11.8 Å². The van der Waals surface area contributed by atoms with Gasteiger partial charge < -0.3 is 9.47 Å². The van der Waals surface area contributed by atoms with Gasteiger partial charge in [-0.05, 0) is 96.2 Å². The van der Waals surface area contributed by atoms with Crippen LogP contribution in [0.2, 0.25) is 10.0 Å². The molecule has 1 N–H and O–H groups in total. The Kier molecular flexibility index (Phi) is 9.59. The normalized spacial score (nSPS) is 14.2. The van der Waals surface area contributed by atoms with Crippen molar-refractivity contribution >= 4 is 92.0 Å². The molecule has 11 heteroatoms. The lowest BCUT2D eigenvalue weighted by Gasteiger charge is -2.16. The number of hydrogen-bond acceptors (Lipinski definition) is 6. The number of thioether (sulfide) groups is 1. The highest BCUT2D eigenvalue weighted by Gasteiger charge is 2.34. The zero-order valence-corrected chi connectivity index (χ0v) is 25.5. The monoisotopic (exact) mass is 698 g/mol. The van der Waals surface area contributed by atoms with Crippen LogP contribution < -0.4 is 14.9 Å². The summed E-state index contributed by atoms with van der Waals surface area (Å²) in [4.78, 5) is 26.2. The van der Waals surface area contributed by atoms with Crippen molar-refractivity contribution in [1.29, 1.82) is 0 Å². The van der Waals surface area contributed by atoms with Crippen LogP contribution in [0.15, 0.2) is 59.5 Å². The molecule has 3 aromatic rings. The maximum Gasteiger partial charge on any atom is 0.285 e. The molecule has 1 aliphatic rings. The molecule has 0 atom stereocenters. The topological polar surface area (TPSA) is 67.9 Å². The summed E-state index contributed by atoms with van der Waals surface area (Å²) in [6.07, 6.45) is 1.70. The van der Waals surface area contributed by atoms with Gasteiger partial charge in [0.25, 0.3) is 11.8 Å². The molecule has 0 radical (unpaired) electrons. The molecule has 2 amide bonds. The fraction of sp³-hybridized carbons (Fsp3) is 0.148. The maximum absolute atomic E-state index is 13.1. The van der Waals surface area contributed by atoms with Gasteiger partial charge in [0.15, 0.2) is 15.8 Å². The van der Waals surface area contributed by atoms with E-state index in [-0.39, 0.29) is 16.5 Å². The van der Waals surface area contributed by atoms with Crippen LogP contribution in [0.4, 0.5) is 0 Å². The van der Waals surface area contributed by atoms with Gasteiger partial charge in [0, 0.05) is 10.6 Å². The van der Waals surface area contributed by atoms with Crippen LogP contribution in [0.5, 0.6) is 11.5 Å². The zero-order valence-electron chi connectivity index (χ0n) is 20.2. The number of carbonyl (C=O) groups excluding carboxylic acids is 2. The maximum atomic E-state index is 13.1. The van der Waals surface area contributed by atoms with E-state index in [0.717, 1.165) is 37.0 Å². The van der Waals surface area contributed by atoms with E-state index >= 15 is 0 Å². The van der Waals surface area contributed by atoms with Crippen LogP contribution in [0.25, 0.3) is 6.08 Å². The molecule has 4 rings (SSSR count). The lowest BCUT2D eigenvalue weighted by atomic mass is 10.1. The van der Waals surface area contributed by atoms with Gasteiger partial charge in [-0.3, -0.25) is 15.0 Å². The Balaban J connectivity index is 1.54. The van der Waals surface area contributed by atoms with E-state index in [0.29, 0.717) is 33.1 Å². The zero-order chi connectivity index (χ0) is 27.4. The van der Waals surface area contributed by atoms with Crippen LogP contribution in [0.3, 0.4) is 0 Å². The second-order valence-corrected chi connectivity index (χ2v) is 11.7. The second kappa shape index (κ2) is 12.7. The number of aryl methyl sites for hydroxylation is 1. The standard InChI is InChI=1S/C27H21Cl2IN2O4S2/c1-3-35-22-12-16(11-21(30)24(22)36-14-17-6-4-5-7-19(17)28)13-23-26(34)32(27(37)38-23)31-25(33)18-9-8-15(2)10-20(18)29/h4-13H,3,14H2,1-2H3,(H,31,33)/b23-13+. The van der Waals surface area contributed by atoms with Crippen molar-refractivity contribution in [2.24, 2.45) is 0 Å². The molecule has 0 aliphatic carbocycles. The minimum atomic E-state index is -0.527. The van der Waals surface area contributed by atoms with E-state index in [9.17, 15) is 9.59 Å². The van der Waals surface area contributed by atoms with Crippen molar-refractivity contribution < 1.29 is 19.1 Å². The van der Waals surface area contributed by atoms with Gasteiger partial charge >= 0.3 is 0 Å². The lowest BCUT2D eigenvalue weighted by Crippen LogP contribution is -2.44. The van der Waals surface area contributed by atoms with Crippen molar-refractivity contribution in [2.75, 3.05) is 6.61 Å². The van der Waals surface area contributed by atoms with Crippen LogP contribution in [-0.4, -0.2) is 27.8 Å². The second-order valence-electron chi connectivity index (χ2n) is 8.08. The molecule has 1 fully saturated rings. The smallest absolute Gasteiger partial charge is 0.285 e. The molecule has 0 bridgehead atoms. The number of hydrogen-bond donors (Lipinski definition) is 1. The number of rotatable bonds is 8. The lowest BCUT2D eigenvalue weighted by molar-refractivity contribution is -0.123. The molecule has 1 saturated heterocycles. The summed E-state index contributed by atoms with van der Waals surface area (Å²) in [7, 11) is 0. The van der Waals surface area contributed by atoms with Crippen LogP contribution in [-0.2, 0) is 11.4 Å². The van der Waals surface area contributed by atoms with Crippen molar-refractivity contribution in [1.82, 2.24) is 10.4 Å². The van der Waals surface area contributed by atoms with Crippen molar-refractivity contribution in [3.63, 3.8) is 0 Å². The Morgan fingerprint density at radius 2 is 1.89 bits per heavy atom. The van der Waals surface area contributed by atoms with Gasteiger partial charge in [0.05, 0.1) is 25.7 Å². The molecule has 1 aliphatic heterocycles. The molecule has 196 valence electrons. The SMILES string of the molecule is CCOc1cc(/C=C2/SC(=S)N(NC(=O)c3ccc(C)cc3Cl)C2=O)cc(I)c1OCc1ccccc1Cl. The number of ether oxygens (including phenoxy) is 2. The quantitative estimate of drug-likeness (QED) is 0.150. The first-order chi connectivity index (χ1) is 18.2. The van der Waals surface area contributed by atoms with Crippen molar-refractivity contribution in [2.45, 2.75) is 20.5 Å². The van der Waals surface area contributed by atoms with Gasteiger partial charge in [-0.15, -0.1) is 0 Å². The molecule has 0 saturated carbocycles. The predicted molar refractivity (Wildman–Crippen MR) is 165 cm³/mol. The molecule has 0 unspecified atom stereocenters. The number of nitrogens with one attached hydrogen (secondary N) is 1. The summed E-state index contributed by atoms with van der Waals surface area (Å²) < 4.78 is 12.9. The predicted octanol–water partition coefficient (Wildman–Crippen LogP) is 7.43. The summed E-state index contributed by atoms with van der Waals surface area (Å²) in [5.41, 5.74) is 5.30. The van der Waals surface area contributed by atoms with E-state index in [1.807, 2.05) is 44.2 Å². The number of nitrogens with zero attached hydrogens (tertiary/aromatic N) is 1. The highest BCUT2D eigenvalue weighted by Crippen LogP contribution is 2.38. The van der Waals surface area contributed by atoms with E-state index in [1.165, 1.54) is 0 Å². The summed E-state index contributed by atoms with van der Waals surface area (Å²) in [6.45, 7) is 4.46. The van der Waals surface area contributed by atoms with Gasteiger partial charge in [-0.1, -0.05) is 59.2 Å². The third-order valence-electron chi connectivity index (χ3n) is 5.34. The number of amides is 2. The average molecular weight is 699 g/mol. The van der Waals surface area contributed by atoms with Crippen LogP contribution in [0.1, 0.15) is 34.0 Å².